The Morgan fingerprint density at radius 2 is 1.83 bits per heavy atom. The maximum atomic E-state index is 11.3. The van der Waals surface area contributed by atoms with Crippen molar-refractivity contribution in [3.63, 3.8) is 0 Å². The van der Waals surface area contributed by atoms with Crippen LogP contribution in [-0.2, 0) is 12.8 Å². The predicted octanol–water partition coefficient (Wildman–Crippen LogP) is 4.12. The Bertz CT molecular complexity index is 716. The van der Waals surface area contributed by atoms with E-state index < -0.39 is 0 Å². The van der Waals surface area contributed by atoms with Crippen LogP contribution >= 0.6 is 0 Å². The zero-order valence-corrected chi connectivity index (χ0v) is 13.5. The van der Waals surface area contributed by atoms with Gasteiger partial charge in [-0.05, 0) is 67.4 Å². The van der Waals surface area contributed by atoms with Gasteiger partial charge in [0.15, 0.2) is 6.29 Å². The van der Waals surface area contributed by atoms with Crippen LogP contribution in [0.2, 0.25) is 0 Å². The molecule has 1 heterocycles. The third-order valence-corrected chi connectivity index (χ3v) is 5.46. The van der Waals surface area contributed by atoms with E-state index in [2.05, 4.69) is 23.1 Å². The van der Waals surface area contributed by atoms with Gasteiger partial charge >= 0.3 is 0 Å². The van der Waals surface area contributed by atoms with E-state index >= 15 is 0 Å². The zero-order valence-electron chi connectivity index (χ0n) is 13.5. The largest absolute Gasteiger partial charge is 0.300 e. The smallest absolute Gasteiger partial charge is 0.150 e. The second-order valence-electron chi connectivity index (χ2n) is 6.83. The van der Waals surface area contributed by atoms with Gasteiger partial charge in [-0.2, -0.15) is 0 Å². The average molecular weight is 305 g/mol. The van der Waals surface area contributed by atoms with Crippen LogP contribution in [0.4, 0.5) is 0 Å². The number of aldehydes is 1. The average Bonchev–Trinajstić information content (AvgIpc) is 3.15. The second-order valence-corrected chi connectivity index (χ2v) is 6.83. The second kappa shape index (κ2) is 6.29. The number of likely N-dealkylation sites (tertiary alicyclic amines) is 1. The number of nitrogens with zero attached hydrogens (tertiary/aromatic N) is 1. The van der Waals surface area contributed by atoms with Crippen LogP contribution in [0.1, 0.15) is 40.7 Å². The molecule has 1 aliphatic heterocycles. The van der Waals surface area contributed by atoms with Crippen molar-refractivity contribution in [1.82, 2.24) is 4.90 Å². The number of hydrogen-bond acceptors (Lipinski definition) is 2. The summed E-state index contributed by atoms with van der Waals surface area (Å²) in [5.74, 6) is 0. The van der Waals surface area contributed by atoms with E-state index in [0.29, 0.717) is 0 Å². The summed E-state index contributed by atoms with van der Waals surface area (Å²) < 4.78 is 0. The topological polar surface area (TPSA) is 20.3 Å². The summed E-state index contributed by atoms with van der Waals surface area (Å²) in [4.78, 5) is 14.0. The lowest BCUT2D eigenvalue weighted by Gasteiger charge is -2.32. The molecule has 0 spiro atoms. The maximum absolute atomic E-state index is 11.3. The molecule has 1 saturated heterocycles. The molecular weight excluding hydrogens is 282 g/mol. The van der Waals surface area contributed by atoms with E-state index in [1.54, 1.807) is 0 Å². The number of fused-ring (bicyclic) bond motifs is 1. The molecule has 1 fully saturated rings. The number of benzene rings is 2. The van der Waals surface area contributed by atoms with Crippen molar-refractivity contribution in [2.24, 2.45) is 0 Å². The molecule has 2 heteroatoms. The fourth-order valence-electron chi connectivity index (χ4n) is 4.18. The molecule has 0 aromatic heterocycles. The molecule has 2 nitrogen and oxygen atoms in total. The summed E-state index contributed by atoms with van der Waals surface area (Å²) in [5.41, 5.74) is 5.97. The summed E-state index contributed by atoms with van der Waals surface area (Å²) in [6.07, 6.45) is 7.30. The van der Waals surface area contributed by atoms with Gasteiger partial charge in [-0.15, -0.1) is 0 Å². The Labute approximate surface area is 138 Å². The van der Waals surface area contributed by atoms with Gasteiger partial charge in [-0.1, -0.05) is 42.5 Å². The molecule has 1 aliphatic carbocycles. The Hall–Kier alpha value is -1.93. The lowest BCUT2D eigenvalue weighted by atomic mass is 9.85. The highest BCUT2D eigenvalue weighted by molar-refractivity contribution is 5.87. The standard InChI is InChI=1S/C21H23NO/c23-15-19-5-1-2-6-21(19)18-8-7-17-14-20(10-9-16(17)13-18)22-11-3-4-12-22/h1-2,5-8,13,15,20H,3-4,9-12,14H2. The van der Waals surface area contributed by atoms with E-state index in [9.17, 15) is 4.79 Å². The highest BCUT2D eigenvalue weighted by atomic mass is 16.1. The molecule has 118 valence electrons. The summed E-state index contributed by atoms with van der Waals surface area (Å²) >= 11 is 0. The van der Waals surface area contributed by atoms with Gasteiger partial charge in [0.2, 0.25) is 0 Å². The fourth-order valence-corrected chi connectivity index (χ4v) is 4.18. The summed E-state index contributed by atoms with van der Waals surface area (Å²) in [6.45, 7) is 2.57. The van der Waals surface area contributed by atoms with Crippen LogP contribution in [0, 0.1) is 0 Å². The summed E-state index contributed by atoms with van der Waals surface area (Å²) in [6, 6.07) is 15.4. The minimum Gasteiger partial charge on any atom is -0.300 e. The van der Waals surface area contributed by atoms with Crippen molar-refractivity contribution in [2.75, 3.05) is 13.1 Å². The van der Waals surface area contributed by atoms with E-state index in [1.165, 1.54) is 55.5 Å². The van der Waals surface area contributed by atoms with Gasteiger partial charge in [0.25, 0.3) is 0 Å². The Morgan fingerprint density at radius 1 is 1.00 bits per heavy atom. The van der Waals surface area contributed by atoms with Crippen molar-refractivity contribution in [3.8, 4) is 11.1 Å². The van der Waals surface area contributed by atoms with E-state index in [0.717, 1.165) is 29.9 Å². The molecule has 2 aliphatic rings. The summed E-state index contributed by atoms with van der Waals surface area (Å²) in [7, 11) is 0. The first-order valence-corrected chi connectivity index (χ1v) is 8.75. The van der Waals surface area contributed by atoms with Crippen LogP contribution in [0.3, 0.4) is 0 Å². The molecule has 2 aromatic carbocycles. The Balaban J connectivity index is 1.61. The Morgan fingerprint density at radius 3 is 2.65 bits per heavy atom. The first-order valence-electron chi connectivity index (χ1n) is 8.75. The summed E-state index contributed by atoms with van der Waals surface area (Å²) in [5, 5.41) is 0. The van der Waals surface area contributed by atoms with E-state index in [-0.39, 0.29) is 0 Å². The van der Waals surface area contributed by atoms with Gasteiger partial charge in [0, 0.05) is 11.6 Å². The highest BCUT2D eigenvalue weighted by Crippen LogP contribution is 2.31. The van der Waals surface area contributed by atoms with Gasteiger partial charge < -0.3 is 4.90 Å². The molecule has 4 rings (SSSR count). The number of aryl methyl sites for hydroxylation is 1. The number of carbonyl (C=O) groups is 1. The van der Waals surface area contributed by atoms with Gasteiger partial charge in [0.05, 0.1) is 0 Å². The molecule has 0 amide bonds. The first-order chi connectivity index (χ1) is 11.3. The van der Waals surface area contributed by atoms with Crippen LogP contribution in [0.15, 0.2) is 42.5 Å². The van der Waals surface area contributed by atoms with Crippen molar-refractivity contribution in [2.45, 2.75) is 38.1 Å². The van der Waals surface area contributed by atoms with Crippen LogP contribution in [0.5, 0.6) is 0 Å². The molecule has 23 heavy (non-hydrogen) atoms. The fraction of sp³-hybridized carbons (Fsp3) is 0.381. The van der Waals surface area contributed by atoms with Gasteiger partial charge in [-0.3, -0.25) is 4.79 Å². The number of carbonyl (C=O) groups excluding carboxylic acids is 1. The molecule has 1 atom stereocenters. The van der Waals surface area contributed by atoms with Crippen molar-refractivity contribution in [1.29, 1.82) is 0 Å². The monoisotopic (exact) mass is 305 g/mol. The van der Waals surface area contributed by atoms with Crippen LogP contribution in [0.25, 0.3) is 11.1 Å². The van der Waals surface area contributed by atoms with Gasteiger partial charge in [-0.25, -0.2) is 0 Å². The van der Waals surface area contributed by atoms with Crippen molar-refractivity contribution < 1.29 is 4.79 Å². The van der Waals surface area contributed by atoms with E-state index in [4.69, 9.17) is 0 Å². The molecule has 0 bridgehead atoms. The van der Waals surface area contributed by atoms with Crippen molar-refractivity contribution in [3.05, 3.63) is 59.2 Å². The maximum Gasteiger partial charge on any atom is 0.150 e. The minimum absolute atomic E-state index is 0.734. The molecule has 0 radical (unpaired) electrons. The minimum atomic E-state index is 0.734. The zero-order chi connectivity index (χ0) is 15.6. The lowest BCUT2D eigenvalue weighted by Crippen LogP contribution is -2.37. The molecular formula is C21H23NO. The van der Waals surface area contributed by atoms with Crippen LogP contribution in [-0.4, -0.2) is 30.3 Å². The van der Waals surface area contributed by atoms with Gasteiger partial charge in [0.1, 0.15) is 0 Å². The highest BCUT2D eigenvalue weighted by Gasteiger charge is 2.26. The Kier molecular flexibility index (Phi) is 4.00. The normalized spacial score (nSPS) is 21.1. The SMILES string of the molecule is O=Cc1ccccc1-c1ccc2c(c1)CCC(N1CCCC1)C2. The quantitative estimate of drug-likeness (QED) is 0.795. The third kappa shape index (κ3) is 2.84. The third-order valence-electron chi connectivity index (χ3n) is 5.46. The van der Waals surface area contributed by atoms with Crippen LogP contribution < -0.4 is 0 Å². The molecule has 2 aromatic rings. The number of hydrogen-bond donors (Lipinski definition) is 0. The predicted molar refractivity (Wildman–Crippen MR) is 93.9 cm³/mol. The van der Waals surface area contributed by atoms with Crippen molar-refractivity contribution >= 4 is 6.29 Å². The van der Waals surface area contributed by atoms with E-state index in [1.807, 2.05) is 24.3 Å². The molecule has 1 unspecified atom stereocenters. The first kappa shape index (κ1) is 14.6. The molecule has 0 saturated carbocycles. The number of rotatable bonds is 3. The molecule has 0 N–H and O–H groups in total. The lowest BCUT2D eigenvalue weighted by molar-refractivity contribution is 0.112.